The Morgan fingerprint density at radius 2 is 0.938 bits per heavy atom. The molecule has 4 heteroatoms. The van der Waals surface area contributed by atoms with Crippen LogP contribution in [0.4, 0.5) is 0 Å². The number of aromatic nitrogens is 4. The molecule has 0 aliphatic carbocycles. The summed E-state index contributed by atoms with van der Waals surface area (Å²) in [5.74, 6) is 0.656. The van der Waals surface area contributed by atoms with Crippen molar-refractivity contribution in [3.8, 4) is 34.0 Å². The van der Waals surface area contributed by atoms with Gasteiger partial charge >= 0.3 is 0 Å². The van der Waals surface area contributed by atoms with E-state index >= 15 is 0 Å². The van der Waals surface area contributed by atoms with Crippen LogP contribution in [0.2, 0.25) is 0 Å². The first-order valence-electron chi connectivity index (χ1n) is 16.3. The lowest BCUT2D eigenvalue weighted by Gasteiger charge is -2.12. The maximum Gasteiger partial charge on any atom is 0.235 e. The number of para-hydroxylation sites is 4. The van der Waals surface area contributed by atoms with E-state index in [0.29, 0.717) is 5.95 Å². The van der Waals surface area contributed by atoms with Gasteiger partial charge in [-0.25, -0.2) is 9.97 Å². The van der Waals surface area contributed by atoms with Gasteiger partial charge in [-0.1, -0.05) is 133 Å². The molecule has 0 bridgehead atoms. The zero-order chi connectivity index (χ0) is 31.6. The Bertz CT molecular complexity index is 2810. The quantitative estimate of drug-likeness (QED) is 0.198. The summed E-state index contributed by atoms with van der Waals surface area (Å²) in [6.45, 7) is 0. The first-order valence-corrected chi connectivity index (χ1v) is 16.3. The molecule has 0 saturated carbocycles. The highest BCUT2D eigenvalue weighted by Gasteiger charge is 2.22. The van der Waals surface area contributed by atoms with Crippen LogP contribution in [0.5, 0.6) is 0 Å². The van der Waals surface area contributed by atoms with Gasteiger partial charge in [-0.15, -0.1) is 0 Å². The number of benzene rings is 7. The summed E-state index contributed by atoms with van der Waals surface area (Å²) in [6, 6.07) is 60.0. The number of hydrogen-bond acceptors (Lipinski definition) is 2. The number of rotatable bonds is 4. The van der Waals surface area contributed by atoms with Gasteiger partial charge in [0.25, 0.3) is 0 Å². The molecule has 0 amide bonds. The molecule has 0 saturated heterocycles. The van der Waals surface area contributed by atoms with Crippen molar-refractivity contribution in [1.29, 1.82) is 0 Å². The van der Waals surface area contributed by atoms with Crippen molar-refractivity contribution >= 4 is 54.5 Å². The minimum atomic E-state index is 0.656. The highest BCUT2D eigenvalue weighted by molar-refractivity contribution is 6.26. The third kappa shape index (κ3) is 3.96. The van der Waals surface area contributed by atoms with Crippen LogP contribution in [-0.4, -0.2) is 19.1 Å². The third-order valence-electron chi connectivity index (χ3n) is 9.54. The largest absolute Gasteiger partial charge is 0.309 e. The highest BCUT2D eigenvalue weighted by Crippen LogP contribution is 2.42. The molecule has 0 aliphatic heterocycles. The summed E-state index contributed by atoms with van der Waals surface area (Å²) in [6.07, 6.45) is 0. The van der Waals surface area contributed by atoms with Crippen LogP contribution in [0.3, 0.4) is 0 Å². The topological polar surface area (TPSA) is 35.6 Å². The van der Waals surface area contributed by atoms with Crippen LogP contribution >= 0.6 is 0 Å². The van der Waals surface area contributed by atoms with E-state index in [9.17, 15) is 0 Å². The van der Waals surface area contributed by atoms with E-state index in [1.165, 1.54) is 43.7 Å². The zero-order valence-electron chi connectivity index (χ0n) is 26.0. The smallest absolute Gasteiger partial charge is 0.235 e. The predicted octanol–water partition coefficient (Wildman–Crippen LogP) is 11.2. The Morgan fingerprint density at radius 1 is 0.354 bits per heavy atom. The molecule has 10 rings (SSSR count). The van der Waals surface area contributed by atoms with E-state index in [1.807, 2.05) is 6.07 Å². The van der Waals surface area contributed by atoms with E-state index in [-0.39, 0.29) is 0 Å². The van der Waals surface area contributed by atoms with Gasteiger partial charge in [-0.3, -0.25) is 4.57 Å². The van der Waals surface area contributed by atoms with Crippen molar-refractivity contribution in [3.05, 3.63) is 170 Å². The van der Waals surface area contributed by atoms with Crippen LogP contribution in [0.1, 0.15) is 0 Å². The lowest BCUT2D eigenvalue weighted by Crippen LogP contribution is -2.03. The maximum atomic E-state index is 5.36. The van der Waals surface area contributed by atoms with E-state index in [1.54, 1.807) is 0 Å². The predicted molar refractivity (Wildman–Crippen MR) is 199 cm³/mol. The van der Waals surface area contributed by atoms with Crippen LogP contribution < -0.4 is 0 Å². The van der Waals surface area contributed by atoms with Crippen LogP contribution in [0.15, 0.2) is 170 Å². The molecule has 10 aromatic rings. The van der Waals surface area contributed by atoms with Crippen molar-refractivity contribution in [1.82, 2.24) is 19.1 Å². The van der Waals surface area contributed by atoms with Gasteiger partial charge in [0.2, 0.25) is 5.95 Å². The number of hydrogen-bond donors (Lipinski definition) is 0. The highest BCUT2D eigenvalue weighted by atomic mass is 15.2. The summed E-state index contributed by atoms with van der Waals surface area (Å²) in [5.41, 5.74) is 10.9. The summed E-state index contributed by atoms with van der Waals surface area (Å²) in [4.78, 5) is 10.6. The average Bonchev–Trinajstić information content (AvgIpc) is 3.68. The van der Waals surface area contributed by atoms with Crippen molar-refractivity contribution in [2.75, 3.05) is 0 Å². The van der Waals surface area contributed by atoms with E-state index < -0.39 is 0 Å². The fourth-order valence-electron chi connectivity index (χ4n) is 7.40. The zero-order valence-corrected chi connectivity index (χ0v) is 26.0. The summed E-state index contributed by atoms with van der Waals surface area (Å²) in [7, 11) is 0. The molecule has 3 aromatic heterocycles. The van der Waals surface area contributed by atoms with Crippen molar-refractivity contribution in [2.45, 2.75) is 0 Å². The van der Waals surface area contributed by atoms with E-state index in [4.69, 9.17) is 9.97 Å². The molecule has 0 N–H and O–H groups in total. The Kier molecular flexibility index (Phi) is 5.84. The van der Waals surface area contributed by atoms with Crippen LogP contribution in [0, 0.1) is 0 Å². The Balaban J connectivity index is 1.28. The number of fused-ring (bicyclic) bond motifs is 8. The molecule has 0 radical (unpaired) electrons. The minimum absolute atomic E-state index is 0.656. The fourth-order valence-corrected chi connectivity index (χ4v) is 7.40. The normalized spacial score (nSPS) is 11.8. The van der Waals surface area contributed by atoms with Gasteiger partial charge in [-0.2, -0.15) is 0 Å². The fraction of sp³-hybridized carbons (Fsp3) is 0. The molecule has 48 heavy (non-hydrogen) atoms. The van der Waals surface area contributed by atoms with Gasteiger partial charge in [0, 0.05) is 38.2 Å². The molecule has 3 heterocycles. The molecule has 4 nitrogen and oxygen atoms in total. The Hall–Kier alpha value is -6.52. The monoisotopic (exact) mass is 612 g/mol. The van der Waals surface area contributed by atoms with Gasteiger partial charge in [0.15, 0.2) is 0 Å². The minimum Gasteiger partial charge on any atom is -0.309 e. The molecule has 0 spiro atoms. The Morgan fingerprint density at radius 3 is 1.71 bits per heavy atom. The first-order chi connectivity index (χ1) is 23.8. The van der Waals surface area contributed by atoms with E-state index in [2.05, 4.69) is 173 Å². The van der Waals surface area contributed by atoms with Gasteiger partial charge in [-0.05, 0) is 47.5 Å². The maximum absolute atomic E-state index is 5.36. The van der Waals surface area contributed by atoms with Crippen LogP contribution in [-0.2, 0) is 0 Å². The first kappa shape index (κ1) is 26.7. The third-order valence-corrected chi connectivity index (χ3v) is 9.54. The SMILES string of the molecule is c1ccc(-c2ccc(-c3nc(-n4c5ccccc5c5c4ccc4c6ccccc6n(-c6ccccc6)c45)nc4ccccc34)cc2)cc1. The average molecular weight is 613 g/mol. The molecule has 224 valence electrons. The van der Waals surface area contributed by atoms with Crippen molar-refractivity contribution < 1.29 is 0 Å². The lowest BCUT2D eigenvalue weighted by atomic mass is 10.0. The molecule has 0 aliphatic rings. The number of nitrogens with zero attached hydrogens (tertiary/aromatic N) is 4. The lowest BCUT2D eigenvalue weighted by molar-refractivity contribution is 1.01. The summed E-state index contributed by atoms with van der Waals surface area (Å²) in [5, 5.41) is 5.85. The van der Waals surface area contributed by atoms with Gasteiger partial charge < -0.3 is 4.57 Å². The molecule has 0 atom stereocenters. The van der Waals surface area contributed by atoms with Gasteiger partial charge in [0.05, 0.1) is 33.3 Å². The summed E-state index contributed by atoms with van der Waals surface area (Å²) >= 11 is 0. The second-order valence-corrected chi connectivity index (χ2v) is 12.2. The standard InChI is InChI=1S/C44H28N4/c1-3-13-29(14-4-1)30-23-25-31(26-24-30)42-35-18-7-10-20-37(35)45-44(46-42)48-39-22-12-9-19-36(39)41-40(48)28-27-34-33-17-8-11-21-38(33)47(43(34)41)32-15-5-2-6-16-32/h1-28H. The van der Waals surface area contributed by atoms with Crippen molar-refractivity contribution in [3.63, 3.8) is 0 Å². The molecule has 0 fully saturated rings. The van der Waals surface area contributed by atoms with Crippen LogP contribution in [0.25, 0.3) is 88.5 Å². The molecule has 7 aromatic carbocycles. The van der Waals surface area contributed by atoms with E-state index in [0.717, 1.165) is 38.9 Å². The molecule has 0 unspecified atom stereocenters. The second-order valence-electron chi connectivity index (χ2n) is 12.2. The molecular weight excluding hydrogens is 585 g/mol. The Labute approximate surface area is 276 Å². The second kappa shape index (κ2) is 10.5. The van der Waals surface area contributed by atoms with Crippen molar-refractivity contribution in [2.24, 2.45) is 0 Å². The van der Waals surface area contributed by atoms with Gasteiger partial charge in [0.1, 0.15) is 0 Å². The molecular formula is C44H28N4. The summed E-state index contributed by atoms with van der Waals surface area (Å²) < 4.78 is 4.65.